The van der Waals surface area contributed by atoms with Gasteiger partial charge in [-0.2, -0.15) is 0 Å². The lowest BCUT2D eigenvalue weighted by Gasteiger charge is -2.25. The lowest BCUT2D eigenvalue weighted by molar-refractivity contribution is -0.133. The van der Waals surface area contributed by atoms with Crippen LogP contribution in [0.4, 0.5) is 0 Å². The highest BCUT2D eigenvalue weighted by atomic mass is 16.5. The van der Waals surface area contributed by atoms with Crippen LogP contribution < -0.4 is 4.74 Å². The number of carboxylic acids is 1. The number of hydrogen-bond acceptors (Lipinski definition) is 3. The number of fused-ring (bicyclic) bond motifs is 1. The summed E-state index contributed by atoms with van der Waals surface area (Å²) in [5.74, 6) is -0.523. The van der Waals surface area contributed by atoms with Crippen molar-refractivity contribution in [2.75, 3.05) is 7.11 Å². The average molecular weight is 260 g/mol. The largest absolute Gasteiger partial charge is 0.496 e. The SMILES string of the molecule is C=C(CC1Cc2c(cccc2OC)CC1=O)C(=O)O. The van der Waals surface area contributed by atoms with Crippen LogP contribution in [0.15, 0.2) is 30.4 Å². The monoisotopic (exact) mass is 260 g/mol. The first-order valence-corrected chi connectivity index (χ1v) is 6.11. The van der Waals surface area contributed by atoms with Gasteiger partial charge in [-0.25, -0.2) is 4.79 Å². The summed E-state index contributed by atoms with van der Waals surface area (Å²) >= 11 is 0. The van der Waals surface area contributed by atoms with Gasteiger partial charge in [0.15, 0.2) is 0 Å². The highest BCUT2D eigenvalue weighted by Gasteiger charge is 2.29. The molecule has 1 aliphatic rings. The molecule has 0 aliphatic heterocycles. The Morgan fingerprint density at radius 1 is 1.53 bits per heavy atom. The molecular weight excluding hydrogens is 244 g/mol. The molecule has 1 aromatic carbocycles. The topological polar surface area (TPSA) is 63.6 Å². The molecule has 1 aliphatic carbocycles. The van der Waals surface area contributed by atoms with Crippen LogP contribution in [0, 0.1) is 5.92 Å². The van der Waals surface area contributed by atoms with Gasteiger partial charge in [0.05, 0.1) is 7.11 Å². The van der Waals surface area contributed by atoms with Gasteiger partial charge >= 0.3 is 5.97 Å². The molecule has 0 saturated carbocycles. The second kappa shape index (κ2) is 5.26. The van der Waals surface area contributed by atoms with E-state index in [1.165, 1.54) is 0 Å². The fraction of sp³-hybridized carbons (Fsp3) is 0.333. The highest BCUT2D eigenvalue weighted by molar-refractivity contribution is 5.90. The van der Waals surface area contributed by atoms with Crippen LogP contribution in [-0.4, -0.2) is 24.0 Å². The van der Waals surface area contributed by atoms with Crippen LogP contribution in [0.5, 0.6) is 5.75 Å². The van der Waals surface area contributed by atoms with Crippen molar-refractivity contribution in [2.24, 2.45) is 5.92 Å². The molecule has 4 nitrogen and oxygen atoms in total. The standard InChI is InChI=1S/C15H16O4/c1-9(15(17)18)6-11-7-12-10(8-13(11)16)4-3-5-14(12)19-2/h3-5,11H,1,6-8H2,2H3,(H,17,18). The van der Waals surface area contributed by atoms with E-state index in [4.69, 9.17) is 9.84 Å². The molecule has 0 heterocycles. The average Bonchev–Trinajstić information content (AvgIpc) is 2.38. The Morgan fingerprint density at radius 3 is 2.89 bits per heavy atom. The molecule has 1 aromatic rings. The third kappa shape index (κ3) is 2.67. The van der Waals surface area contributed by atoms with Gasteiger partial charge in [0, 0.05) is 17.9 Å². The number of carboxylic acid groups (broad SMARTS) is 1. The molecule has 0 spiro atoms. The van der Waals surface area contributed by atoms with Gasteiger partial charge in [-0.1, -0.05) is 18.7 Å². The maximum absolute atomic E-state index is 12.0. The van der Waals surface area contributed by atoms with E-state index in [0.29, 0.717) is 12.8 Å². The quantitative estimate of drug-likeness (QED) is 0.841. The van der Waals surface area contributed by atoms with E-state index in [-0.39, 0.29) is 23.7 Å². The van der Waals surface area contributed by atoms with Crippen molar-refractivity contribution in [3.05, 3.63) is 41.5 Å². The van der Waals surface area contributed by atoms with Crippen LogP contribution in [0.1, 0.15) is 17.5 Å². The number of carbonyl (C=O) groups excluding carboxylic acids is 1. The summed E-state index contributed by atoms with van der Waals surface area (Å²) in [6, 6.07) is 5.64. The molecule has 0 fully saturated rings. The molecule has 1 unspecified atom stereocenters. The summed E-state index contributed by atoms with van der Waals surface area (Å²) in [6.45, 7) is 3.50. The number of aliphatic carboxylic acids is 1. The fourth-order valence-corrected chi connectivity index (χ4v) is 2.46. The Morgan fingerprint density at radius 2 is 2.26 bits per heavy atom. The summed E-state index contributed by atoms with van der Waals surface area (Å²) in [7, 11) is 1.59. The van der Waals surface area contributed by atoms with Gasteiger partial charge in [0.1, 0.15) is 11.5 Å². The molecule has 0 bridgehead atoms. The van der Waals surface area contributed by atoms with Crippen molar-refractivity contribution in [3.63, 3.8) is 0 Å². The highest BCUT2D eigenvalue weighted by Crippen LogP contribution is 2.32. The van der Waals surface area contributed by atoms with Crippen LogP contribution in [0.3, 0.4) is 0 Å². The summed E-state index contributed by atoms with van der Waals surface area (Å²) in [5, 5.41) is 8.86. The Balaban J connectivity index is 2.25. The molecule has 0 saturated heterocycles. The molecule has 0 radical (unpaired) electrons. The maximum atomic E-state index is 12.0. The number of ether oxygens (including phenoxy) is 1. The van der Waals surface area contributed by atoms with E-state index in [0.717, 1.165) is 16.9 Å². The molecule has 4 heteroatoms. The third-order valence-electron chi connectivity index (χ3n) is 3.52. The Bertz CT molecular complexity index is 545. The molecule has 0 aromatic heterocycles. The molecule has 100 valence electrons. The number of methoxy groups -OCH3 is 1. The molecule has 1 N–H and O–H groups in total. The maximum Gasteiger partial charge on any atom is 0.330 e. The van der Waals surface area contributed by atoms with Crippen molar-refractivity contribution in [3.8, 4) is 5.75 Å². The van der Waals surface area contributed by atoms with Crippen LogP contribution in [0.2, 0.25) is 0 Å². The second-order valence-electron chi connectivity index (χ2n) is 4.75. The van der Waals surface area contributed by atoms with Crippen LogP contribution >= 0.6 is 0 Å². The Kier molecular flexibility index (Phi) is 3.69. The fourth-order valence-electron chi connectivity index (χ4n) is 2.46. The van der Waals surface area contributed by atoms with Crippen LogP contribution in [-0.2, 0) is 22.4 Å². The van der Waals surface area contributed by atoms with Gasteiger partial charge in [0.2, 0.25) is 0 Å². The first kappa shape index (κ1) is 13.3. The second-order valence-corrected chi connectivity index (χ2v) is 4.75. The van der Waals surface area contributed by atoms with Gasteiger partial charge in [0.25, 0.3) is 0 Å². The molecule has 0 amide bonds. The minimum atomic E-state index is -1.04. The van der Waals surface area contributed by atoms with Gasteiger partial charge < -0.3 is 9.84 Å². The number of rotatable bonds is 4. The summed E-state index contributed by atoms with van der Waals surface area (Å²) < 4.78 is 5.30. The minimum Gasteiger partial charge on any atom is -0.496 e. The van der Waals surface area contributed by atoms with E-state index in [2.05, 4.69) is 6.58 Å². The van der Waals surface area contributed by atoms with E-state index in [1.807, 2.05) is 18.2 Å². The Labute approximate surface area is 111 Å². The zero-order chi connectivity index (χ0) is 14.0. The van der Waals surface area contributed by atoms with E-state index >= 15 is 0 Å². The van der Waals surface area contributed by atoms with Crippen molar-refractivity contribution in [1.29, 1.82) is 0 Å². The zero-order valence-corrected chi connectivity index (χ0v) is 10.8. The lowest BCUT2D eigenvalue weighted by atomic mass is 9.79. The summed E-state index contributed by atoms with van der Waals surface area (Å²) in [5.41, 5.74) is 2.06. The predicted molar refractivity (Wildman–Crippen MR) is 70.3 cm³/mol. The Hall–Kier alpha value is -2.10. The summed E-state index contributed by atoms with van der Waals surface area (Å²) in [4.78, 5) is 22.9. The molecular formula is C15H16O4. The number of carbonyl (C=O) groups is 2. The van der Waals surface area contributed by atoms with Crippen LogP contribution in [0.25, 0.3) is 0 Å². The molecule has 19 heavy (non-hydrogen) atoms. The minimum absolute atomic E-state index is 0.0724. The normalized spacial score (nSPS) is 17.7. The van der Waals surface area contributed by atoms with Gasteiger partial charge in [-0.3, -0.25) is 4.79 Å². The molecule has 2 rings (SSSR count). The van der Waals surface area contributed by atoms with Gasteiger partial charge in [-0.15, -0.1) is 0 Å². The van der Waals surface area contributed by atoms with E-state index in [1.54, 1.807) is 7.11 Å². The summed E-state index contributed by atoms with van der Waals surface area (Å²) in [6.07, 6.45) is 1.06. The van der Waals surface area contributed by atoms with Crippen molar-refractivity contribution >= 4 is 11.8 Å². The third-order valence-corrected chi connectivity index (χ3v) is 3.52. The van der Waals surface area contributed by atoms with E-state index in [9.17, 15) is 9.59 Å². The van der Waals surface area contributed by atoms with Crippen molar-refractivity contribution in [2.45, 2.75) is 19.3 Å². The predicted octanol–water partition coefficient (Wildman–Crippen LogP) is 2.01. The number of hydrogen-bond donors (Lipinski definition) is 1. The first-order valence-electron chi connectivity index (χ1n) is 6.11. The molecule has 1 atom stereocenters. The van der Waals surface area contributed by atoms with E-state index < -0.39 is 5.97 Å². The van der Waals surface area contributed by atoms with Crippen molar-refractivity contribution < 1.29 is 19.4 Å². The lowest BCUT2D eigenvalue weighted by Crippen LogP contribution is -2.27. The number of ketones is 1. The number of benzene rings is 1. The zero-order valence-electron chi connectivity index (χ0n) is 10.8. The smallest absolute Gasteiger partial charge is 0.330 e. The number of Topliss-reactive ketones (excluding diaryl/α,β-unsaturated/α-hetero) is 1. The van der Waals surface area contributed by atoms with Gasteiger partial charge in [-0.05, 0) is 30.0 Å². The first-order chi connectivity index (χ1) is 9.02. The van der Waals surface area contributed by atoms with Crippen molar-refractivity contribution in [1.82, 2.24) is 0 Å².